The van der Waals surface area contributed by atoms with Gasteiger partial charge in [-0.1, -0.05) is 18.2 Å². The first kappa shape index (κ1) is 16.4. The van der Waals surface area contributed by atoms with Gasteiger partial charge in [-0.25, -0.2) is 0 Å². The third-order valence-corrected chi connectivity index (χ3v) is 3.67. The molecule has 1 amide bonds. The van der Waals surface area contributed by atoms with E-state index in [0.717, 1.165) is 11.3 Å². The largest absolute Gasteiger partial charge is 0.508 e. The Hall–Kier alpha value is -3.47. The first-order valence-electron chi connectivity index (χ1n) is 7.62. The third-order valence-electron chi connectivity index (χ3n) is 3.67. The Kier molecular flexibility index (Phi) is 4.57. The molecule has 0 aliphatic carbocycles. The van der Waals surface area contributed by atoms with Crippen LogP contribution in [0.1, 0.15) is 16.9 Å². The highest BCUT2D eigenvalue weighted by atomic mass is 16.5. The van der Waals surface area contributed by atoms with Gasteiger partial charge >= 0.3 is 0 Å². The monoisotopic (exact) mass is 335 g/mol. The second kappa shape index (κ2) is 6.97. The molecule has 3 aromatic rings. The van der Waals surface area contributed by atoms with Gasteiger partial charge in [0.05, 0.1) is 7.11 Å². The number of carbonyl (C=O) groups excluding carboxylic acids is 1. The van der Waals surface area contributed by atoms with Crippen molar-refractivity contribution in [3.63, 3.8) is 0 Å². The molecule has 5 nitrogen and oxygen atoms in total. The number of rotatable bonds is 5. The zero-order chi connectivity index (χ0) is 17.8. The number of fused-ring (bicyclic) bond motifs is 1. The van der Waals surface area contributed by atoms with E-state index in [1.54, 1.807) is 37.5 Å². The van der Waals surface area contributed by atoms with E-state index in [2.05, 4.69) is 0 Å². The van der Waals surface area contributed by atoms with Crippen LogP contribution in [0.25, 0.3) is 29.2 Å². The minimum atomic E-state index is -0.558. The molecule has 3 N–H and O–H groups in total. The lowest BCUT2D eigenvalue weighted by molar-refractivity contribution is -0.113. The molecule has 1 aromatic heterocycles. The van der Waals surface area contributed by atoms with Crippen molar-refractivity contribution in [3.8, 4) is 11.5 Å². The molecule has 0 saturated carbocycles. The summed E-state index contributed by atoms with van der Waals surface area (Å²) in [6, 6.07) is 12.4. The molecule has 0 spiro atoms. The number of methoxy groups -OCH3 is 1. The molecular formula is C20H17NO4. The predicted octanol–water partition coefficient (Wildman–Crippen LogP) is 3.82. The van der Waals surface area contributed by atoms with Crippen LogP contribution in [0.15, 0.2) is 53.0 Å². The number of hydrogen-bond acceptors (Lipinski definition) is 4. The Bertz CT molecular complexity index is 983. The van der Waals surface area contributed by atoms with Crippen LogP contribution in [0, 0.1) is 0 Å². The van der Waals surface area contributed by atoms with E-state index < -0.39 is 5.91 Å². The molecule has 0 radical (unpaired) electrons. The number of benzene rings is 2. The summed E-state index contributed by atoms with van der Waals surface area (Å²) in [7, 11) is 1.61. The minimum absolute atomic E-state index is 0.116. The lowest BCUT2D eigenvalue weighted by Gasteiger charge is -1.99. The number of aromatic hydroxyl groups is 1. The van der Waals surface area contributed by atoms with Gasteiger partial charge in [0.2, 0.25) is 5.91 Å². The number of primary amides is 1. The zero-order valence-corrected chi connectivity index (χ0v) is 13.6. The van der Waals surface area contributed by atoms with Crippen molar-refractivity contribution in [2.24, 2.45) is 5.73 Å². The fraction of sp³-hybridized carbons (Fsp3) is 0.0500. The maximum absolute atomic E-state index is 11.1. The number of carbonyl (C=O) groups is 1. The fourth-order valence-corrected chi connectivity index (χ4v) is 2.50. The van der Waals surface area contributed by atoms with Crippen LogP contribution in [0.3, 0.4) is 0 Å². The minimum Gasteiger partial charge on any atom is -0.508 e. The molecular weight excluding hydrogens is 318 g/mol. The van der Waals surface area contributed by atoms with E-state index in [1.165, 1.54) is 6.08 Å². The molecule has 0 unspecified atom stereocenters. The highest BCUT2D eigenvalue weighted by Crippen LogP contribution is 2.31. The summed E-state index contributed by atoms with van der Waals surface area (Å²) in [6.07, 6.45) is 6.52. The third kappa shape index (κ3) is 3.72. The van der Waals surface area contributed by atoms with Crippen LogP contribution in [0.2, 0.25) is 0 Å². The van der Waals surface area contributed by atoms with Gasteiger partial charge in [-0.05, 0) is 48.0 Å². The smallest absolute Gasteiger partial charge is 0.241 e. The number of amides is 1. The molecule has 1 heterocycles. The molecule has 0 aliphatic heterocycles. The van der Waals surface area contributed by atoms with E-state index in [-0.39, 0.29) is 5.75 Å². The average Bonchev–Trinajstić information content (AvgIpc) is 2.95. The van der Waals surface area contributed by atoms with Crippen LogP contribution in [0.5, 0.6) is 11.5 Å². The molecule has 126 valence electrons. The lowest BCUT2D eigenvalue weighted by atomic mass is 10.1. The van der Waals surface area contributed by atoms with Crippen molar-refractivity contribution in [3.05, 3.63) is 65.4 Å². The number of phenolic OH excluding ortho intramolecular Hbond substituents is 1. The molecule has 0 atom stereocenters. The van der Waals surface area contributed by atoms with Gasteiger partial charge in [0.15, 0.2) is 0 Å². The van der Waals surface area contributed by atoms with Crippen LogP contribution in [0.4, 0.5) is 0 Å². The van der Waals surface area contributed by atoms with Gasteiger partial charge in [-0.3, -0.25) is 4.79 Å². The van der Waals surface area contributed by atoms with Gasteiger partial charge in [-0.2, -0.15) is 0 Å². The average molecular weight is 335 g/mol. The number of ether oxygens (including phenoxy) is 1. The Morgan fingerprint density at radius 2 is 2.00 bits per heavy atom. The summed E-state index contributed by atoms with van der Waals surface area (Å²) in [5.41, 5.74) is 7.40. The summed E-state index contributed by atoms with van der Waals surface area (Å²) < 4.78 is 11.0. The van der Waals surface area contributed by atoms with Crippen molar-refractivity contribution in [2.75, 3.05) is 7.11 Å². The summed E-state index contributed by atoms with van der Waals surface area (Å²) in [4.78, 5) is 11.1. The molecule has 5 heteroatoms. The summed E-state index contributed by atoms with van der Waals surface area (Å²) >= 11 is 0. The summed E-state index contributed by atoms with van der Waals surface area (Å²) in [6.45, 7) is 0. The van der Waals surface area contributed by atoms with Crippen LogP contribution in [-0.4, -0.2) is 18.1 Å². The number of hydrogen-bond donors (Lipinski definition) is 2. The summed E-state index contributed by atoms with van der Waals surface area (Å²) in [5, 5.41) is 10.4. The normalized spacial score (nSPS) is 11.6. The van der Waals surface area contributed by atoms with E-state index in [0.29, 0.717) is 22.3 Å². The van der Waals surface area contributed by atoms with Crippen molar-refractivity contribution >= 4 is 35.1 Å². The van der Waals surface area contributed by atoms with Crippen LogP contribution in [-0.2, 0) is 4.79 Å². The van der Waals surface area contributed by atoms with Gasteiger partial charge in [0.25, 0.3) is 0 Å². The van der Waals surface area contributed by atoms with Crippen LogP contribution >= 0.6 is 0 Å². The molecule has 3 rings (SSSR count). The maximum Gasteiger partial charge on any atom is 0.241 e. The maximum atomic E-state index is 11.1. The molecule has 0 fully saturated rings. The first-order chi connectivity index (χ1) is 12.1. The molecule has 25 heavy (non-hydrogen) atoms. The second-order valence-electron chi connectivity index (χ2n) is 5.41. The zero-order valence-electron chi connectivity index (χ0n) is 13.6. The van der Waals surface area contributed by atoms with Crippen molar-refractivity contribution < 1.29 is 19.1 Å². The van der Waals surface area contributed by atoms with Crippen molar-refractivity contribution in [1.29, 1.82) is 0 Å². The van der Waals surface area contributed by atoms with Crippen molar-refractivity contribution in [1.82, 2.24) is 0 Å². The van der Waals surface area contributed by atoms with E-state index in [9.17, 15) is 9.90 Å². The van der Waals surface area contributed by atoms with Crippen LogP contribution < -0.4 is 10.5 Å². The highest BCUT2D eigenvalue weighted by Gasteiger charge is 2.11. The molecule has 2 aromatic carbocycles. The Morgan fingerprint density at radius 1 is 1.16 bits per heavy atom. The molecule has 0 saturated heterocycles. The predicted molar refractivity (Wildman–Crippen MR) is 98.0 cm³/mol. The molecule has 0 aliphatic rings. The Balaban J connectivity index is 2.06. The number of phenols is 1. The van der Waals surface area contributed by atoms with Crippen molar-refractivity contribution in [2.45, 2.75) is 0 Å². The first-order valence-corrected chi connectivity index (χ1v) is 7.62. The Labute approximate surface area is 144 Å². The fourth-order valence-electron chi connectivity index (χ4n) is 2.50. The molecule has 0 bridgehead atoms. The number of furan rings is 1. The standard InChI is InChI=1S/C20H17NO4/c1-24-15-4-2-3-13(11-15)5-8-18-16(7-10-20(21)23)17-12-14(22)6-9-19(17)25-18/h2-12,22H,1H3,(H2,21,23)/b8-5+,10-7-. The Morgan fingerprint density at radius 3 is 2.76 bits per heavy atom. The number of nitrogens with two attached hydrogens (primary N) is 1. The SMILES string of the molecule is COc1cccc(/C=C/c2oc3ccc(O)cc3c2/C=C\C(N)=O)c1. The lowest BCUT2D eigenvalue weighted by Crippen LogP contribution is -2.05. The van der Waals surface area contributed by atoms with E-state index in [4.69, 9.17) is 14.9 Å². The van der Waals surface area contributed by atoms with Gasteiger partial charge in [-0.15, -0.1) is 0 Å². The summed E-state index contributed by atoms with van der Waals surface area (Å²) in [5.74, 6) is 0.869. The second-order valence-corrected chi connectivity index (χ2v) is 5.41. The van der Waals surface area contributed by atoms with Gasteiger partial charge in [0, 0.05) is 17.0 Å². The van der Waals surface area contributed by atoms with E-state index in [1.807, 2.05) is 30.3 Å². The quantitative estimate of drug-likeness (QED) is 0.694. The highest BCUT2D eigenvalue weighted by molar-refractivity contribution is 5.97. The van der Waals surface area contributed by atoms with Gasteiger partial charge < -0.3 is 20.0 Å². The van der Waals surface area contributed by atoms with E-state index >= 15 is 0 Å². The topological polar surface area (TPSA) is 85.7 Å². The van der Waals surface area contributed by atoms with Gasteiger partial charge in [0.1, 0.15) is 22.8 Å².